The Hall–Kier alpha value is -2.41. The van der Waals surface area contributed by atoms with Crippen molar-refractivity contribution in [2.24, 2.45) is 0 Å². The molecule has 7 heteroatoms. The van der Waals surface area contributed by atoms with E-state index in [2.05, 4.69) is 28.2 Å². The summed E-state index contributed by atoms with van der Waals surface area (Å²) in [5.74, 6) is -0.322. The Kier molecular flexibility index (Phi) is 9.30. The first-order valence-corrected chi connectivity index (χ1v) is 10.9. The number of aryl methyl sites for hydroxylation is 1. The zero-order chi connectivity index (χ0) is 22.1. The molecule has 0 aromatic heterocycles. The van der Waals surface area contributed by atoms with E-state index in [0.29, 0.717) is 18.7 Å². The molecule has 0 fully saturated rings. The van der Waals surface area contributed by atoms with Crippen LogP contribution in [0.4, 0.5) is 4.39 Å². The Balaban J connectivity index is 2.19. The highest BCUT2D eigenvalue weighted by Gasteiger charge is 2.28. The van der Waals surface area contributed by atoms with Crippen molar-refractivity contribution in [1.82, 2.24) is 10.2 Å². The van der Waals surface area contributed by atoms with Gasteiger partial charge in [0.15, 0.2) is 6.61 Å². The Morgan fingerprint density at radius 3 is 2.33 bits per heavy atom. The van der Waals surface area contributed by atoms with E-state index >= 15 is 0 Å². The minimum absolute atomic E-state index is 0.189. The van der Waals surface area contributed by atoms with Crippen LogP contribution in [0.25, 0.3) is 0 Å². The second-order valence-electron chi connectivity index (χ2n) is 6.87. The summed E-state index contributed by atoms with van der Waals surface area (Å²) in [5.41, 5.74) is 1.89. The molecule has 0 saturated carbocycles. The molecule has 0 bridgehead atoms. The lowest BCUT2D eigenvalue weighted by Crippen LogP contribution is -2.50. The Morgan fingerprint density at radius 2 is 1.77 bits per heavy atom. The first kappa shape index (κ1) is 23.9. The highest BCUT2D eigenvalue weighted by molar-refractivity contribution is 9.10. The third-order valence-electron chi connectivity index (χ3n) is 4.76. The van der Waals surface area contributed by atoms with Crippen molar-refractivity contribution < 1.29 is 18.7 Å². The van der Waals surface area contributed by atoms with Gasteiger partial charge in [-0.25, -0.2) is 4.39 Å². The van der Waals surface area contributed by atoms with Gasteiger partial charge in [0, 0.05) is 13.1 Å². The number of nitrogens with zero attached hydrogens (tertiary/aromatic N) is 1. The maximum Gasteiger partial charge on any atom is 0.261 e. The minimum Gasteiger partial charge on any atom is -0.483 e. The van der Waals surface area contributed by atoms with Gasteiger partial charge in [0.25, 0.3) is 5.91 Å². The van der Waals surface area contributed by atoms with E-state index in [-0.39, 0.29) is 30.8 Å². The molecule has 0 unspecified atom stereocenters. The average molecular weight is 479 g/mol. The van der Waals surface area contributed by atoms with Crippen molar-refractivity contribution >= 4 is 27.7 Å². The lowest BCUT2D eigenvalue weighted by molar-refractivity contribution is -0.142. The van der Waals surface area contributed by atoms with E-state index in [9.17, 15) is 14.0 Å². The van der Waals surface area contributed by atoms with Crippen LogP contribution in [0, 0.1) is 5.82 Å². The Labute approximate surface area is 185 Å². The molecule has 30 heavy (non-hydrogen) atoms. The van der Waals surface area contributed by atoms with E-state index in [0.717, 1.165) is 22.0 Å². The van der Waals surface area contributed by atoms with E-state index in [1.807, 2.05) is 32.0 Å². The molecule has 5 nitrogen and oxygen atoms in total. The van der Waals surface area contributed by atoms with Crippen LogP contribution in [0.5, 0.6) is 5.75 Å². The van der Waals surface area contributed by atoms with Crippen LogP contribution < -0.4 is 10.1 Å². The minimum atomic E-state index is -0.642. The smallest absolute Gasteiger partial charge is 0.261 e. The number of halogens is 2. The largest absolute Gasteiger partial charge is 0.483 e. The number of carbonyl (C=O) groups excluding carboxylic acids is 2. The quantitative estimate of drug-likeness (QED) is 0.547. The molecule has 0 aliphatic carbocycles. The van der Waals surface area contributed by atoms with Gasteiger partial charge >= 0.3 is 0 Å². The van der Waals surface area contributed by atoms with Gasteiger partial charge in [0.1, 0.15) is 17.6 Å². The number of benzene rings is 2. The Bertz CT molecular complexity index is 858. The van der Waals surface area contributed by atoms with Crippen molar-refractivity contribution in [3.63, 3.8) is 0 Å². The Morgan fingerprint density at radius 1 is 1.10 bits per heavy atom. The molecule has 2 aromatic carbocycles. The van der Waals surface area contributed by atoms with E-state index < -0.39 is 6.04 Å². The van der Waals surface area contributed by atoms with Gasteiger partial charge in [-0.05, 0) is 71.1 Å². The zero-order valence-corrected chi connectivity index (χ0v) is 19.2. The number of ether oxygens (including phenoxy) is 1. The predicted molar refractivity (Wildman–Crippen MR) is 119 cm³/mol. The van der Waals surface area contributed by atoms with Gasteiger partial charge in [-0.15, -0.1) is 0 Å². The van der Waals surface area contributed by atoms with Crippen molar-refractivity contribution in [2.75, 3.05) is 13.2 Å². The van der Waals surface area contributed by atoms with Crippen LogP contribution >= 0.6 is 15.9 Å². The van der Waals surface area contributed by atoms with E-state index in [1.54, 1.807) is 12.1 Å². The van der Waals surface area contributed by atoms with Crippen LogP contribution in [-0.4, -0.2) is 35.9 Å². The average Bonchev–Trinajstić information content (AvgIpc) is 2.74. The molecular weight excluding hydrogens is 451 g/mol. The van der Waals surface area contributed by atoms with Crippen molar-refractivity contribution in [2.45, 2.75) is 46.2 Å². The molecule has 1 N–H and O–H groups in total. The first-order valence-electron chi connectivity index (χ1n) is 10.1. The topological polar surface area (TPSA) is 58.6 Å². The van der Waals surface area contributed by atoms with Crippen LogP contribution in [0.2, 0.25) is 0 Å². The molecule has 2 rings (SSSR count). The number of nitrogens with one attached hydrogen (secondary N) is 1. The number of rotatable bonds is 10. The number of amides is 2. The summed E-state index contributed by atoms with van der Waals surface area (Å²) in [6, 6.07) is 11.0. The summed E-state index contributed by atoms with van der Waals surface area (Å²) in [6.07, 6.45) is 1.35. The third kappa shape index (κ3) is 6.55. The summed E-state index contributed by atoms with van der Waals surface area (Å²) in [7, 11) is 0. The van der Waals surface area contributed by atoms with Gasteiger partial charge in [-0.1, -0.05) is 32.0 Å². The fourth-order valence-electron chi connectivity index (χ4n) is 3.10. The molecular formula is C23H28BrFN2O3. The molecule has 0 spiro atoms. The third-order valence-corrected chi connectivity index (χ3v) is 5.38. The summed E-state index contributed by atoms with van der Waals surface area (Å²) < 4.78 is 19.8. The van der Waals surface area contributed by atoms with Crippen LogP contribution in [0.15, 0.2) is 46.9 Å². The normalized spacial score (nSPS) is 11.6. The molecule has 2 aromatic rings. The predicted octanol–water partition coefficient (Wildman–Crippen LogP) is 4.47. The summed E-state index contributed by atoms with van der Waals surface area (Å²) in [6.45, 7) is 6.20. The second-order valence-corrected chi connectivity index (χ2v) is 7.73. The second kappa shape index (κ2) is 11.7. The fraction of sp³-hybridized carbons (Fsp3) is 0.391. The van der Waals surface area contributed by atoms with Gasteiger partial charge in [0.05, 0.1) is 4.47 Å². The highest BCUT2D eigenvalue weighted by Crippen LogP contribution is 2.26. The maximum absolute atomic E-state index is 13.3. The number of likely N-dealkylation sites (N-methyl/N-ethyl adjacent to an activating group) is 1. The molecule has 162 valence electrons. The van der Waals surface area contributed by atoms with E-state index in [4.69, 9.17) is 4.74 Å². The summed E-state index contributed by atoms with van der Waals surface area (Å²) in [5, 5.41) is 2.78. The van der Waals surface area contributed by atoms with Crippen molar-refractivity contribution in [3.8, 4) is 5.75 Å². The maximum atomic E-state index is 13.3. The zero-order valence-electron chi connectivity index (χ0n) is 17.6. The first-order chi connectivity index (χ1) is 14.4. The van der Waals surface area contributed by atoms with Gasteiger partial charge in [-0.3, -0.25) is 9.59 Å². The molecule has 0 heterocycles. The SMILES string of the molecule is CCNC(=O)[C@@H](CC)N(Cc1ccc(F)cc1)C(=O)COc1ccc(CC)cc1Br. The van der Waals surface area contributed by atoms with Crippen LogP contribution in [0.1, 0.15) is 38.3 Å². The summed E-state index contributed by atoms with van der Waals surface area (Å²) in [4.78, 5) is 27.1. The van der Waals surface area contributed by atoms with Crippen molar-refractivity contribution in [3.05, 3.63) is 63.9 Å². The van der Waals surface area contributed by atoms with Gasteiger partial charge in [0.2, 0.25) is 5.91 Å². The number of carbonyl (C=O) groups is 2. The lowest BCUT2D eigenvalue weighted by atomic mass is 10.1. The molecule has 0 radical (unpaired) electrons. The standard InChI is InChI=1S/C23H28BrFN2O3/c1-4-16-9-12-21(19(24)13-16)30-15-22(28)27(20(5-2)23(29)26-6-3)14-17-7-10-18(25)11-8-17/h7-13,20H,4-6,14-15H2,1-3H3,(H,26,29)/t20-/m1/s1. The molecule has 1 atom stereocenters. The van der Waals surface area contributed by atoms with Gasteiger partial charge < -0.3 is 15.0 Å². The van der Waals surface area contributed by atoms with E-state index in [1.165, 1.54) is 17.0 Å². The molecule has 0 aliphatic heterocycles. The van der Waals surface area contributed by atoms with Crippen LogP contribution in [0.3, 0.4) is 0 Å². The highest BCUT2D eigenvalue weighted by atomic mass is 79.9. The van der Waals surface area contributed by atoms with Gasteiger partial charge in [-0.2, -0.15) is 0 Å². The number of hydrogen-bond donors (Lipinski definition) is 1. The van der Waals surface area contributed by atoms with Crippen molar-refractivity contribution in [1.29, 1.82) is 0 Å². The van der Waals surface area contributed by atoms with Crippen LogP contribution in [-0.2, 0) is 22.6 Å². The number of hydrogen-bond acceptors (Lipinski definition) is 3. The molecule has 0 aliphatic rings. The lowest BCUT2D eigenvalue weighted by Gasteiger charge is -2.30. The fourth-order valence-corrected chi connectivity index (χ4v) is 3.64. The summed E-state index contributed by atoms with van der Waals surface area (Å²) >= 11 is 3.47. The monoisotopic (exact) mass is 478 g/mol. The molecule has 2 amide bonds. The molecule has 0 saturated heterocycles.